The van der Waals surface area contributed by atoms with Crippen molar-refractivity contribution in [3.8, 4) is 5.75 Å². The quantitative estimate of drug-likeness (QED) is 0.637. The number of nitrogens with one attached hydrogen (secondary N) is 1. The molecular formula is C20H24Cl2N4O3. The molecule has 4 rings (SSSR count). The first-order valence-electron chi connectivity index (χ1n) is 8.96. The molecule has 2 aromatic heterocycles. The number of hydrogen-bond acceptors (Lipinski definition) is 5. The van der Waals surface area contributed by atoms with Gasteiger partial charge in [0.05, 0.1) is 5.69 Å². The Balaban J connectivity index is 0.00000150. The predicted octanol–water partition coefficient (Wildman–Crippen LogP) is 3.20. The van der Waals surface area contributed by atoms with E-state index in [-0.39, 0.29) is 30.7 Å². The largest absolute Gasteiger partial charge is 0.487 e. The summed E-state index contributed by atoms with van der Waals surface area (Å²) < 4.78 is 13.0. The van der Waals surface area contributed by atoms with E-state index in [1.807, 2.05) is 47.1 Å². The highest BCUT2D eigenvalue weighted by atomic mass is 35.5. The van der Waals surface area contributed by atoms with E-state index in [1.54, 1.807) is 12.1 Å². The van der Waals surface area contributed by atoms with Crippen molar-refractivity contribution in [2.75, 3.05) is 18.5 Å². The van der Waals surface area contributed by atoms with Gasteiger partial charge in [0.25, 0.3) is 0 Å². The molecule has 3 aromatic rings. The second-order valence-electron chi connectivity index (χ2n) is 6.73. The van der Waals surface area contributed by atoms with Gasteiger partial charge in [0.2, 0.25) is 5.91 Å². The van der Waals surface area contributed by atoms with Crippen LogP contribution in [-0.2, 0) is 16.1 Å². The molecule has 1 aliphatic rings. The highest BCUT2D eigenvalue weighted by molar-refractivity contribution is 5.98. The van der Waals surface area contributed by atoms with Gasteiger partial charge in [0.1, 0.15) is 23.5 Å². The maximum absolute atomic E-state index is 12.4. The van der Waals surface area contributed by atoms with Gasteiger partial charge in [0.15, 0.2) is 0 Å². The molecule has 1 aromatic carbocycles. The fourth-order valence-corrected chi connectivity index (χ4v) is 3.07. The monoisotopic (exact) mass is 438 g/mol. The Kier molecular flexibility index (Phi) is 7.87. The summed E-state index contributed by atoms with van der Waals surface area (Å²) in [7, 11) is 0. The number of nitrogens with two attached hydrogens (primary N) is 1. The van der Waals surface area contributed by atoms with Gasteiger partial charge in [-0.1, -0.05) is 6.07 Å². The summed E-state index contributed by atoms with van der Waals surface area (Å²) in [5, 5.41) is 2.88. The first kappa shape index (κ1) is 23.0. The topological polar surface area (TPSA) is 90.9 Å². The first-order chi connectivity index (χ1) is 13.1. The van der Waals surface area contributed by atoms with Gasteiger partial charge in [-0.05, 0) is 49.2 Å². The zero-order valence-electron chi connectivity index (χ0n) is 15.7. The predicted molar refractivity (Wildman–Crippen MR) is 116 cm³/mol. The van der Waals surface area contributed by atoms with Crippen molar-refractivity contribution >= 4 is 42.1 Å². The summed E-state index contributed by atoms with van der Waals surface area (Å²) in [6.07, 6.45) is 4.95. The van der Waals surface area contributed by atoms with Crippen molar-refractivity contribution in [2.24, 2.45) is 5.73 Å². The van der Waals surface area contributed by atoms with Crippen molar-refractivity contribution in [3.05, 3.63) is 60.6 Å². The van der Waals surface area contributed by atoms with E-state index in [0.29, 0.717) is 44.1 Å². The van der Waals surface area contributed by atoms with E-state index in [1.165, 1.54) is 0 Å². The molecule has 156 valence electrons. The third kappa shape index (κ3) is 5.39. The fourth-order valence-electron chi connectivity index (χ4n) is 3.07. The van der Waals surface area contributed by atoms with Crippen molar-refractivity contribution in [1.29, 1.82) is 0 Å². The summed E-state index contributed by atoms with van der Waals surface area (Å²) in [5.74, 6) is 0.530. The third-order valence-corrected chi connectivity index (χ3v) is 4.75. The minimum Gasteiger partial charge on any atom is -0.487 e. The number of fused-ring (bicyclic) bond motifs is 1. The minimum absolute atomic E-state index is 0. The van der Waals surface area contributed by atoms with Crippen molar-refractivity contribution in [2.45, 2.75) is 25.0 Å². The summed E-state index contributed by atoms with van der Waals surface area (Å²) in [4.78, 5) is 16.9. The molecule has 0 aliphatic carbocycles. The molecule has 0 saturated carbocycles. The normalized spacial score (nSPS) is 15.1. The number of amides is 1. The molecular weight excluding hydrogens is 415 g/mol. The van der Waals surface area contributed by atoms with E-state index in [9.17, 15) is 4.79 Å². The molecule has 0 atom stereocenters. The Morgan fingerprint density at radius 2 is 1.90 bits per heavy atom. The number of nitrogens with zero attached hydrogens (tertiary/aromatic N) is 2. The molecule has 29 heavy (non-hydrogen) atoms. The van der Waals surface area contributed by atoms with E-state index < -0.39 is 5.54 Å². The number of carbonyl (C=O) groups excluding carboxylic acids is 1. The van der Waals surface area contributed by atoms with E-state index in [2.05, 4.69) is 10.3 Å². The SMILES string of the molecule is Cl.Cl.NC1(C(=O)Nc2ccc(OCc3cn4ccccc4n3)cc2)CCOCC1. The average Bonchev–Trinajstić information content (AvgIpc) is 3.11. The molecule has 1 fully saturated rings. The molecule has 0 radical (unpaired) electrons. The van der Waals surface area contributed by atoms with Gasteiger partial charge in [0, 0.05) is 31.3 Å². The number of halogens is 2. The van der Waals surface area contributed by atoms with Crippen molar-refractivity contribution < 1.29 is 14.3 Å². The zero-order chi connectivity index (χ0) is 18.7. The van der Waals surface area contributed by atoms with Crippen LogP contribution < -0.4 is 15.8 Å². The molecule has 9 heteroatoms. The van der Waals surface area contributed by atoms with Gasteiger partial charge in [-0.15, -0.1) is 24.8 Å². The number of aromatic nitrogens is 2. The number of pyridine rings is 1. The van der Waals surface area contributed by atoms with Gasteiger partial charge in [-0.2, -0.15) is 0 Å². The highest BCUT2D eigenvalue weighted by Gasteiger charge is 2.35. The molecule has 0 spiro atoms. The van der Waals surface area contributed by atoms with Gasteiger partial charge >= 0.3 is 0 Å². The Morgan fingerprint density at radius 3 is 2.59 bits per heavy atom. The summed E-state index contributed by atoms with van der Waals surface area (Å²) in [6.45, 7) is 1.40. The number of imidazole rings is 1. The number of carbonyl (C=O) groups is 1. The molecule has 0 bridgehead atoms. The van der Waals surface area contributed by atoms with Crippen LogP contribution in [0.1, 0.15) is 18.5 Å². The first-order valence-corrected chi connectivity index (χ1v) is 8.96. The summed E-state index contributed by atoms with van der Waals surface area (Å²) in [5.41, 5.74) is 7.76. The van der Waals surface area contributed by atoms with Crippen LogP contribution in [-0.4, -0.2) is 34.0 Å². The Labute approximate surface area is 181 Å². The van der Waals surface area contributed by atoms with Crippen LogP contribution in [0.5, 0.6) is 5.75 Å². The van der Waals surface area contributed by atoms with Crippen molar-refractivity contribution in [1.82, 2.24) is 9.38 Å². The Hall–Kier alpha value is -2.32. The maximum atomic E-state index is 12.4. The molecule has 3 N–H and O–H groups in total. The molecule has 7 nitrogen and oxygen atoms in total. The molecule has 1 saturated heterocycles. The highest BCUT2D eigenvalue weighted by Crippen LogP contribution is 2.22. The van der Waals surface area contributed by atoms with Crippen LogP contribution in [0.4, 0.5) is 5.69 Å². The standard InChI is InChI=1S/C20H22N4O3.2ClH/c21-20(8-11-26-12-9-20)19(25)23-15-4-6-17(7-5-15)27-14-16-13-24-10-2-1-3-18(24)22-16;;/h1-7,10,13H,8-9,11-12,14,21H2,(H,23,25);2*1H. The van der Waals surface area contributed by atoms with Gasteiger partial charge in [-0.25, -0.2) is 4.98 Å². The molecule has 1 aliphatic heterocycles. The Morgan fingerprint density at radius 1 is 1.17 bits per heavy atom. The number of anilines is 1. The fraction of sp³-hybridized carbons (Fsp3) is 0.300. The van der Waals surface area contributed by atoms with Crippen LogP contribution in [0.3, 0.4) is 0 Å². The third-order valence-electron chi connectivity index (χ3n) is 4.75. The van der Waals surface area contributed by atoms with Crippen molar-refractivity contribution in [3.63, 3.8) is 0 Å². The smallest absolute Gasteiger partial charge is 0.244 e. The average molecular weight is 439 g/mol. The van der Waals surface area contributed by atoms with Crippen LogP contribution in [0, 0.1) is 0 Å². The Bertz CT molecular complexity index is 907. The van der Waals surface area contributed by atoms with Crippen LogP contribution in [0.15, 0.2) is 54.9 Å². The second kappa shape index (κ2) is 9.93. The lowest BCUT2D eigenvalue weighted by Gasteiger charge is -2.31. The molecule has 3 heterocycles. The van der Waals surface area contributed by atoms with E-state index in [4.69, 9.17) is 15.2 Å². The van der Waals surface area contributed by atoms with Gasteiger partial charge in [-0.3, -0.25) is 4.79 Å². The van der Waals surface area contributed by atoms with E-state index in [0.717, 1.165) is 11.3 Å². The number of rotatable bonds is 5. The zero-order valence-corrected chi connectivity index (χ0v) is 17.4. The minimum atomic E-state index is -0.865. The molecule has 1 amide bonds. The number of hydrogen-bond donors (Lipinski definition) is 2. The lowest BCUT2D eigenvalue weighted by atomic mass is 9.90. The number of ether oxygens (including phenoxy) is 2. The summed E-state index contributed by atoms with van der Waals surface area (Å²) >= 11 is 0. The summed E-state index contributed by atoms with van der Waals surface area (Å²) in [6, 6.07) is 13.1. The lowest BCUT2D eigenvalue weighted by molar-refractivity contribution is -0.124. The molecule has 0 unspecified atom stereocenters. The lowest BCUT2D eigenvalue weighted by Crippen LogP contribution is -2.54. The van der Waals surface area contributed by atoms with Gasteiger partial charge < -0.3 is 24.9 Å². The maximum Gasteiger partial charge on any atom is 0.244 e. The van der Waals surface area contributed by atoms with Crippen LogP contribution >= 0.6 is 24.8 Å². The van der Waals surface area contributed by atoms with Crippen LogP contribution in [0.2, 0.25) is 0 Å². The van der Waals surface area contributed by atoms with Crippen LogP contribution in [0.25, 0.3) is 5.65 Å². The number of benzene rings is 1. The second-order valence-corrected chi connectivity index (χ2v) is 6.73. The van der Waals surface area contributed by atoms with E-state index >= 15 is 0 Å².